The van der Waals surface area contributed by atoms with Crippen molar-refractivity contribution in [2.75, 3.05) is 17.2 Å². The average Bonchev–Trinajstić information content (AvgIpc) is 2.87. The molecule has 3 rings (SSSR count). The first-order chi connectivity index (χ1) is 10.9. The van der Waals surface area contributed by atoms with Crippen molar-refractivity contribution in [1.82, 2.24) is 15.0 Å². The molecule has 1 unspecified atom stereocenters. The number of amides is 1. The van der Waals surface area contributed by atoms with Crippen LogP contribution in [0, 0.1) is 5.92 Å². The van der Waals surface area contributed by atoms with Gasteiger partial charge in [0, 0.05) is 43.0 Å². The van der Waals surface area contributed by atoms with Gasteiger partial charge in [-0.05, 0) is 18.2 Å². The summed E-state index contributed by atoms with van der Waals surface area (Å²) in [5.74, 6) is -1.40. The van der Waals surface area contributed by atoms with Gasteiger partial charge in [-0.25, -0.2) is 9.97 Å². The molecule has 1 amide bonds. The number of carbonyl (C=O) groups is 1. The molecule has 1 aliphatic rings. The lowest BCUT2D eigenvalue weighted by Gasteiger charge is -2.14. The molecule has 0 aromatic carbocycles. The molecule has 1 fully saturated rings. The Kier molecular flexibility index (Phi) is 4.03. The molecule has 1 aliphatic heterocycles. The van der Waals surface area contributed by atoms with E-state index < -0.39 is 21.9 Å². The summed E-state index contributed by atoms with van der Waals surface area (Å²) in [4.78, 5) is 25.7. The van der Waals surface area contributed by atoms with Crippen LogP contribution in [0.3, 0.4) is 0 Å². The second kappa shape index (κ2) is 5.99. The van der Waals surface area contributed by atoms with Crippen LogP contribution in [0.5, 0.6) is 0 Å². The van der Waals surface area contributed by atoms with Gasteiger partial charge in [-0.3, -0.25) is 14.7 Å². The molecule has 7 nitrogen and oxygen atoms in total. The third-order valence-corrected chi connectivity index (χ3v) is 4.35. The van der Waals surface area contributed by atoms with E-state index in [0.717, 1.165) is 5.56 Å². The van der Waals surface area contributed by atoms with Crippen molar-refractivity contribution in [3.05, 3.63) is 36.8 Å². The molecule has 23 heavy (non-hydrogen) atoms. The van der Waals surface area contributed by atoms with E-state index in [-0.39, 0.29) is 24.8 Å². The third-order valence-electron chi connectivity index (χ3n) is 3.48. The Morgan fingerprint density at radius 3 is 2.83 bits per heavy atom. The molecule has 120 valence electrons. The van der Waals surface area contributed by atoms with E-state index in [4.69, 9.17) is 0 Å². The summed E-state index contributed by atoms with van der Waals surface area (Å²) >= 11 is 0. The van der Waals surface area contributed by atoms with Crippen LogP contribution in [0.25, 0.3) is 11.3 Å². The Hall–Kier alpha value is -2.42. The molecule has 0 radical (unpaired) electrons. The first-order valence-corrected chi connectivity index (χ1v) is 8.44. The van der Waals surface area contributed by atoms with Gasteiger partial charge in [0.05, 0.1) is 11.4 Å². The summed E-state index contributed by atoms with van der Waals surface area (Å²) in [7, 11) is -4.62. The fraction of sp³-hybridized carbons (Fsp3) is 0.286. The molecule has 0 saturated carbocycles. The topological polar surface area (TPSA) is 93.1 Å². The molecule has 1 saturated heterocycles. The number of halogens is 1. The molecule has 0 bridgehead atoms. The Bertz CT molecular complexity index is 829. The summed E-state index contributed by atoms with van der Waals surface area (Å²) in [6.07, 6.45) is 4.74. The third kappa shape index (κ3) is 3.67. The van der Waals surface area contributed by atoms with E-state index in [0.29, 0.717) is 5.69 Å². The monoisotopic (exact) mass is 336 g/mol. The average molecular weight is 336 g/mol. The van der Waals surface area contributed by atoms with Crippen molar-refractivity contribution < 1.29 is 17.1 Å². The minimum atomic E-state index is -4.62. The number of rotatable bonds is 4. The summed E-state index contributed by atoms with van der Waals surface area (Å²) < 4.78 is 34.3. The minimum absolute atomic E-state index is 0.0381. The summed E-state index contributed by atoms with van der Waals surface area (Å²) in [6, 6.07) is 5.27. The zero-order chi connectivity index (χ0) is 16.4. The predicted molar refractivity (Wildman–Crippen MR) is 80.6 cm³/mol. The van der Waals surface area contributed by atoms with Gasteiger partial charge in [-0.15, -0.1) is 3.89 Å². The van der Waals surface area contributed by atoms with Crippen LogP contribution in [0.1, 0.15) is 6.42 Å². The number of hydrogen-bond acceptors (Lipinski definition) is 6. The maximum absolute atomic E-state index is 12.8. The second-order valence-corrected chi connectivity index (χ2v) is 6.67. The van der Waals surface area contributed by atoms with Gasteiger partial charge in [-0.2, -0.15) is 8.42 Å². The Balaban J connectivity index is 1.84. The molecule has 3 heterocycles. The highest BCUT2D eigenvalue weighted by Gasteiger charge is 2.35. The van der Waals surface area contributed by atoms with Crippen molar-refractivity contribution in [1.29, 1.82) is 0 Å². The predicted octanol–water partition coefficient (Wildman–Crippen LogP) is 1.19. The highest BCUT2D eigenvalue weighted by molar-refractivity contribution is 7.86. The first-order valence-electron chi connectivity index (χ1n) is 6.88. The number of carbonyl (C=O) groups excluding carboxylic acids is 1. The summed E-state index contributed by atoms with van der Waals surface area (Å²) in [5, 5.41) is 0. The van der Waals surface area contributed by atoms with E-state index in [1.54, 1.807) is 24.5 Å². The van der Waals surface area contributed by atoms with E-state index >= 15 is 0 Å². The van der Waals surface area contributed by atoms with E-state index in [9.17, 15) is 17.1 Å². The number of aromatic nitrogens is 3. The maximum Gasteiger partial charge on any atom is 0.302 e. The van der Waals surface area contributed by atoms with Crippen molar-refractivity contribution in [2.45, 2.75) is 6.42 Å². The zero-order valence-electron chi connectivity index (χ0n) is 12.0. The van der Waals surface area contributed by atoms with Crippen LogP contribution in [0.4, 0.5) is 9.83 Å². The van der Waals surface area contributed by atoms with Gasteiger partial charge in [0.1, 0.15) is 0 Å². The van der Waals surface area contributed by atoms with Gasteiger partial charge in [-0.1, -0.05) is 0 Å². The molecule has 2 aromatic heterocycles. The Labute approximate surface area is 132 Å². The van der Waals surface area contributed by atoms with Crippen molar-refractivity contribution in [3.8, 4) is 11.3 Å². The largest absolute Gasteiger partial charge is 0.302 e. The van der Waals surface area contributed by atoms with Crippen molar-refractivity contribution in [2.24, 2.45) is 5.92 Å². The van der Waals surface area contributed by atoms with Gasteiger partial charge in [0.25, 0.3) is 0 Å². The van der Waals surface area contributed by atoms with E-state index in [2.05, 4.69) is 15.0 Å². The molecule has 0 N–H and O–H groups in total. The number of nitrogens with zero attached hydrogens (tertiary/aromatic N) is 4. The smallest absolute Gasteiger partial charge is 0.280 e. The van der Waals surface area contributed by atoms with Gasteiger partial charge in [0.15, 0.2) is 0 Å². The number of anilines is 1. The SMILES string of the molecule is O=C1CC(CS(=O)(=O)F)CN1c1nccc(-c2cccnc2)n1. The van der Waals surface area contributed by atoms with Gasteiger partial charge in [0.2, 0.25) is 11.9 Å². The lowest BCUT2D eigenvalue weighted by molar-refractivity contribution is -0.117. The van der Waals surface area contributed by atoms with Crippen LogP contribution in [0.2, 0.25) is 0 Å². The summed E-state index contributed by atoms with van der Waals surface area (Å²) in [6.45, 7) is 0.0818. The van der Waals surface area contributed by atoms with E-state index in [1.807, 2.05) is 6.07 Å². The minimum Gasteiger partial charge on any atom is -0.280 e. The lowest BCUT2D eigenvalue weighted by atomic mass is 10.1. The first kappa shape index (κ1) is 15.5. The van der Waals surface area contributed by atoms with Crippen molar-refractivity contribution in [3.63, 3.8) is 0 Å². The molecular formula is C14H13FN4O3S. The van der Waals surface area contributed by atoms with Crippen LogP contribution >= 0.6 is 0 Å². The van der Waals surface area contributed by atoms with Crippen LogP contribution in [-0.2, 0) is 15.0 Å². The highest BCUT2D eigenvalue weighted by atomic mass is 32.3. The Morgan fingerprint density at radius 1 is 1.30 bits per heavy atom. The molecule has 2 aromatic rings. The quantitative estimate of drug-likeness (QED) is 0.779. The normalized spacial score (nSPS) is 18.4. The standard InChI is InChI=1S/C14H13FN4O3S/c15-23(21,22)9-10-6-13(20)19(8-10)14-17-5-3-12(18-14)11-2-1-4-16-7-11/h1-5,7,10H,6,8-9H2. The zero-order valence-corrected chi connectivity index (χ0v) is 12.8. The lowest BCUT2D eigenvalue weighted by Crippen LogP contribution is -2.27. The van der Waals surface area contributed by atoms with Gasteiger partial charge >= 0.3 is 10.2 Å². The second-order valence-electron chi connectivity index (χ2n) is 5.26. The van der Waals surface area contributed by atoms with Crippen LogP contribution < -0.4 is 4.90 Å². The number of hydrogen-bond donors (Lipinski definition) is 0. The Morgan fingerprint density at radius 2 is 2.13 bits per heavy atom. The fourth-order valence-corrected chi connectivity index (χ4v) is 3.31. The van der Waals surface area contributed by atoms with Crippen LogP contribution in [0.15, 0.2) is 36.8 Å². The molecule has 9 heteroatoms. The molecule has 0 spiro atoms. The molecule has 0 aliphatic carbocycles. The van der Waals surface area contributed by atoms with Crippen molar-refractivity contribution >= 4 is 22.1 Å². The highest BCUT2D eigenvalue weighted by Crippen LogP contribution is 2.25. The molecule has 1 atom stereocenters. The van der Waals surface area contributed by atoms with Crippen LogP contribution in [-0.4, -0.2) is 41.6 Å². The van der Waals surface area contributed by atoms with Gasteiger partial charge < -0.3 is 0 Å². The molecular weight excluding hydrogens is 323 g/mol. The summed E-state index contributed by atoms with van der Waals surface area (Å²) in [5.41, 5.74) is 1.36. The maximum atomic E-state index is 12.8. The fourth-order valence-electron chi connectivity index (χ4n) is 2.52. The van der Waals surface area contributed by atoms with E-state index in [1.165, 1.54) is 11.1 Å². The number of pyridine rings is 1.